The number of nitriles is 1. The van der Waals surface area contributed by atoms with Gasteiger partial charge in [0.2, 0.25) is 0 Å². The molecule has 1 aromatic heterocycles. The molecule has 0 aliphatic carbocycles. The van der Waals surface area contributed by atoms with Crippen molar-refractivity contribution in [3.63, 3.8) is 0 Å². The summed E-state index contributed by atoms with van der Waals surface area (Å²) in [5, 5.41) is 12.8. The molecule has 1 aromatic carbocycles. The molecule has 1 heterocycles. The van der Waals surface area contributed by atoms with E-state index in [1.54, 1.807) is 0 Å². The Morgan fingerprint density at radius 3 is 2.84 bits per heavy atom. The molecule has 19 heavy (non-hydrogen) atoms. The molecule has 0 radical (unpaired) electrons. The molecule has 0 unspecified atom stereocenters. The lowest BCUT2D eigenvalue weighted by Gasteiger charge is -2.10. The average molecular weight is 255 g/mol. The molecule has 0 saturated carbocycles. The predicted octanol–water partition coefficient (Wildman–Crippen LogP) is 2.60. The van der Waals surface area contributed by atoms with Gasteiger partial charge < -0.3 is 9.88 Å². The first-order valence-electron chi connectivity index (χ1n) is 6.42. The van der Waals surface area contributed by atoms with Gasteiger partial charge in [-0.3, -0.25) is 4.79 Å². The van der Waals surface area contributed by atoms with E-state index in [9.17, 15) is 4.79 Å². The number of benzene rings is 1. The summed E-state index contributed by atoms with van der Waals surface area (Å²) in [5.41, 5.74) is 1.59. The minimum absolute atomic E-state index is 0.196. The maximum Gasteiger partial charge on any atom is 0.268 e. The Bertz CT molecular complexity index is 636. The molecule has 0 spiro atoms. The van der Waals surface area contributed by atoms with Gasteiger partial charge in [-0.1, -0.05) is 31.5 Å². The van der Waals surface area contributed by atoms with Crippen LogP contribution >= 0.6 is 0 Å². The highest BCUT2D eigenvalue weighted by Gasteiger charge is 2.16. The van der Waals surface area contributed by atoms with E-state index in [2.05, 4.69) is 11.4 Å². The van der Waals surface area contributed by atoms with Gasteiger partial charge >= 0.3 is 0 Å². The average Bonchev–Trinajstić information content (AvgIpc) is 2.76. The molecular weight excluding hydrogens is 238 g/mol. The molecule has 2 aromatic rings. The molecule has 0 fully saturated rings. The second-order valence-corrected chi connectivity index (χ2v) is 4.59. The number of carbonyl (C=O) groups is 1. The number of fused-ring (bicyclic) bond motifs is 1. The summed E-state index contributed by atoms with van der Waals surface area (Å²) in [4.78, 5) is 12.2. The summed E-state index contributed by atoms with van der Waals surface area (Å²) in [6, 6.07) is 11.4. The van der Waals surface area contributed by atoms with Crippen LogP contribution in [0.5, 0.6) is 0 Å². The quantitative estimate of drug-likeness (QED) is 0.913. The molecule has 0 aliphatic heterocycles. The number of amides is 1. The number of hydrogen-bond acceptors (Lipinski definition) is 2. The molecule has 0 saturated heterocycles. The summed E-state index contributed by atoms with van der Waals surface area (Å²) in [6.07, 6.45) is 1.54. The lowest BCUT2D eigenvalue weighted by atomic mass is 10.2. The number of rotatable bonds is 4. The summed E-state index contributed by atoms with van der Waals surface area (Å²) in [5.74, 6) is -0.196. The Balaban J connectivity index is 2.27. The number of aromatic nitrogens is 1. The van der Waals surface area contributed by atoms with Gasteiger partial charge in [-0.05, 0) is 18.6 Å². The Morgan fingerprint density at radius 1 is 1.47 bits per heavy atom. The Hall–Kier alpha value is -2.28. The third kappa shape index (κ3) is 2.60. The zero-order valence-corrected chi connectivity index (χ0v) is 11.2. The van der Waals surface area contributed by atoms with Crippen molar-refractivity contribution in [2.45, 2.75) is 25.8 Å². The fourth-order valence-electron chi connectivity index (χ4n) is 2.20. The van der Waals surface area contributed by atoms with Crippen molar-refractivity contribution in [1.29, 1.82) is 5.26 Å². The van der Waals surface area contributed by atoms with Crippen LogP contribution in [0.4, 0.5) is 0 Å². The standard InChI is InChI=1S/C15H17N3O/c1-3-6-12(10-16)17-15(19)14-9-11-7-4-5-8-13(11)18(14)2/h4-5,7-9,12H,3,6H2,1-2H3,(H,17,19)/t12-/m1/s1. The van der Waals surface area contributed by atoms with Crippen LogP contribution in [0.1, 0.15) is 30.3 Å². The molecule has 4 nitrogen and oxygen atoms in total. The van der Waals surface area contributed by atoms with E-state index in [-0.39, 0.29) is 5.91 Å². The first-order chi connectivity index (χ1) is 9.17. The van der Waals surface area contributed by atoms with E-state index in [4.69, 9.17) is 5.26 Å². The number of carbonyl (C=O) groups excluding carboxylic acids is 1. The highest BCUT2D eigenvalue weighted by molar-refractivity contribution is 5.98. The van der Waals surface area contributed by atoms with E-state index in [1.807, 2.05) is 48.9 Å². The van der Waals surface area contributed by atoms with Crippen LogP contribution in [0.25, 0.3) is 10.9 Å². The highest BCUT2D eigenvalue weighted by Crippen LogP contribution is 2.18. The lowest BCUT2D eigenvalue weighted by molar-refractivity contribution is 0.0936. The molecule has 4 heteroatoms. The van der Waals surface area contributed by atoms with Gasteiger partial charge in [0.05, 0.1) is 6.07 Å². The highest BCUT2D eigenvalue weighted by atomic mass is 16.2. The first-order valence-corrected chi connectivity index (χ1v) is 6.42. The van der Waals surface area contributed by atoms with Gasteiger partial charge in [-0.25, -0.2) is 0 Å². The zero-order chi connectivity index (χ0) is 13.8. The SMILES string of the molecule is CCC[C@H](C#N)NC(=O)c1cc2ccccc2n1C. The molecule has 0 aliphatic rings. The van der Waals surface area contributed by atoms with Crippen molar-refractivity contribution >= 4 is 16.8 Å². The third-order valence-electron chi connectivity index (χ3n) is 3.22. The third-order valence-corrected chi connectivity index (χ3v) is 3.22. The summed E-state index contributed by atoms with van der Waals surface area (Å²) < 4.78 is 1.85. The van der Waals surface area contributed by atoms with Crippen molar-refractivity contribution in [3.05, 3.63) is 36.0 Å². The topological polar surface area (TPSA) is 57.8 Å². The fourth-order valence-corrected chi connectivity index (χ4v) is 2.20. The molecule has 0 bridgehead atoms. The number of nitrogens with one attached hydrogen (secondary N) is 1. The van der Waals surface area contributed by atoms with Crippen molar-refractivity contribution in [2.24, 2.45) is 7.05 Å². The van der Waals surface area contributed by atoms with E-state index >= 15 is 0 Å². The number of para-hydroxylation sites is 1. The number of nitrogens with zero attached hydrogens (tertiary/aromatic N) is 2. The van der Waals surface area contributed by atoms with Crippen LogP contribution in [-0.4, -0.2) is 16.5 Å². The second kappa shape index (κ2) is 5.57. The van der Waals surface area contributed by atoms with Gasteiger partial charge in [0, 0.05) is 18.0 Å². The van der Waals surface area contributed by atoms with Gasteiger partial charge in [0.15, 0.2) is 0 Å². The van der Waals surface area contributed by atoms with Crippen molar-refractivity contribution in [2.75, 3.05) is 0 Å². The van der Waals surface area contributed by atoms with Crippen LogP contribution in [0.15, 0.2) is 30.3 Å². The van der Waals surface area contributed by atoms with E-state index in [1.165, 1.54) is 0 Å². The van der Waals surface area contributed by atoms with Crippen LogP contribution in [-0.2, 0) is 7.05 Å². The largest absolute Gasteiger partial charge is 0.340 e. The summed E-state index contributed by atoms with van der Waals surface area (Å²) >= 11 is 0. The molecular formula is C15H17N3O. The Morgan fingerprint density at radius 2 is 2.21 bits per heavy atom. The van der Waals surface area contributed by atoms with Crippen LogP contribution in [0, 0.1) is 11.3 Å². The Labute approximate surface area is 112 Å². The van der Waals surface area contributed by atoms with Crippen LogP contribution < -0.4 is 5.32 Å². The molecule has 1 N–H and O–H groups in total. The fraction of sp³-hybridized carbons (Fsp3) is 0.333. The van der Waals surface area contributed by atoms with Crippen LogP contribution in [0.2, 0.25) is 0 Å². The number of hydrogen-bond donors (Lipinski definition) is 1. The minimum atomic E-state index is -0.421. The molecule has 1 atom stereocenters. The van der Waals surface area contributed by atoms with E-state index in [0.717, 1.165) is 17.3 Å². The smallest absolute Gasteiger partial charge is 0.268 e. The summed E-state index contributed by atoms with van der Waals surface area (Å²) in [6.45, 7) is 1.99. The minimum Gasteiger partial charge on any atom is -0.340 e. The van der Waals surface area contributed by atoms with E-state index < -0.39 is 6.04 Å². The molecule has 2 rings (SSSR count). The first kappa shape index (κ1) is 13.2. The van der Waals surface area contributed by atoms with Crippen LogP contribution in [0.3, 0.4) is 0 Å². The summed E-state index contributed by atoms with van der Waals surface area (Å²) in [7, 11) is 1.86. The number of aryl methyl sites for hydroxylation is 1. The van der Waals surface area contributed by atoms with Gasteiger partial charge in [-0.15, -0.1) is 0 Å². The van der Waals surface area contributed by atoms with Crippen molar-refractivity contribution in [1.82, 2.24) is 9.88 Å². The maximum atomic E-state index is 12.2. The molecule has 1 amide bonds. The van der Waals surface area contributed by atoms with Gasteiger partial charge in [0.25, 0.3) is 5.91 Å². The van der Waals surface area contributed by atoms with Gasteiger partial charge in [0.1, 0.15) is 11.7 Å². The van der Waals surface area contributed by atoms with E-state index in [0.29, 0.717) is 12.1 Å². The van der Waals surface area contributed by atoms with Crippen molar-refractivity contribution in [3.8, 4) is 6.07 Å². The normalized spacial score (nSPS) is 12.1. The van der Waals surface area contributed by atoms with Gasteiger partial charge in [-0.2, -0.15) is 5.26 Å². The second-order valence-electron chi connectivity index (χ2n) is 4.59. The predicted molar refractivity (Wildman–Crippen MR) is 74.7 cm³/mol. The zero-order valence-electron chi connectivity index (χ0n) is 11.2. The maximum absolute atomic E-state index is 12.2. The van der Waals surface area contributed by atoms with Crippen molar-refractivity contribution < 1.29 is 4.79 Å². The Kier molecular flexibility index (Phi) is 3.86. The lowest BCUT2D eigenvalue weighted by Crippen LogP contribution is -2.34. The molecule has 98 valence electrons. The monoisotopic (exact) mass is 255 g/mol.